The minimum atomic E-state index is -0.246. The van der Waals surface area contributed by atoms with Crippen molar-refractivity contribution in [1.29, 1.82) is 0 Å². The molecule has 112 valence electrons. The fourth-order valence-corrected chi connectivity index (χ4v) is 2.87. The molecule has 1 N–H and O–H groups in total. The van der Waals surface area contributed by atoms with Crippen LogP contribution in [0.15, 0.2) is 18.5 Å². The zero-order valence-corrected chi connectivity index (χ0v) is 12.6. The first-order chi connectivity index (χ1) is 9.70. The molecule has 4 heteroatoms. The fraction of sp³-hybridized carbons (Fsp3) is 0.688. The van der Waals surface area contributed by atoms with Gasteiger partial charge in [-0.2, -0.15) is 0 Å². The summed E-state index contributed by atoms with van der Waals surface area (Å²) >= 11 is 0. The van der Waals surface area contributed by atoms with E-state index in [1.165, 1.54) is 31.9 Å². The van der Waals surface area contributed by atoms with Gasteiger partial charge in [0.25, 0.3) is 0 Å². The van der Waals surface area contributed by atoms with Crippen molar-refractivity contribution in [2.24, 2.45) is 0 Å². The van der Waals surface area contributed by atoms with Crippen molar-refractivity contribution >= 4 is 0 Å². The molecule has 1 saturated heterocycles. The van der Waals surface area contributed by atoms with Gasteiger partial charge in [0.1, 0.15) is 5.82 Å². The first-order valence-corrected chi connectivity index (χ1v) is 7.78. The molecule has 0 aliphatic carbocycles. The van der Waals surface area contributed by atoms with Crippen LogP contribution >= 0.6 is 0 Å². The second-order valence-corrected chi connectivity index (χ2v) is 5.75. The van der Waals surface area contributed by atoms with Crippen LogP contribution in [0.3, 0.4) is 0 Å². The van der Waals surface area contributed by atoms with E-state index < -0.39 is 0 Å². The van der Waals surface area contributed by atoms with Gasteiger partial charge < -0.3 is 5.32 Å². The van der Waals surface area contributed by atoms with Crippen molar-refractivity contribution in [3.8, 4) is 0 Å². The van der Waals surface area contributed by atoms with Crippen LogP contribution in [0.25, 0.3) is 0 Å². The third-order valence-electron chi connectivity index (χ3n) is 4.17. The number of pyridine rings is 1. The lowest BCUT2D eigenvalue weighted by Crippen LogP contribution is -2.39. The molecule has 0 spiro atoms. The summed E-state index contributed by atoms with van der Waals surface area (Å²) in [6, 6.07) is 2.40. The number of halogens is 1. The van der Waals surface area contributed by atoms with Gasteiger partial charge in [-0.25, -0.2) is 4.39 Å². The normalized spacial score (nSPS) is 20.5. The van der Waals surface area contributed by atoms with E-state index in [4.69, 9.17) is 0 Å². The van der Waals surface area contributed by atoms with Crippen LogP contribution in [-0.2, 0) is 0 Å². The lowest BCUT2D eigenvalue weighted by atomic mass is 10.1. The SMILES string of the molecule is CCCCN(CC1CCCN1)C(C)c1cncc(F)c1. The van der Waals surface area contributed by atoms with Crippen LogP contribution in [0.2, 0.25) is 0 Å². The van der Waals surface area contributed by atoms with Crippen molar-refractivity contribution < 1.29 is 4.39 Å². The molecule has 1 aromatic heterocycles. The Balaban J connectivity index is 2.03. The summed E-state index contributed by atoms with van der Waals surface area (Å²) in [6.07, 6.45) is 7.93. The van der Waals surface area contributed by atoms with Crippen LogP contribution in [0.1, 0.15) is 51.1 Å². The maximum absolute atomic E-state index is 13.4. The zero-order chi connectivity index (χ0) is 14.4. The Morgan fingerprint density at radius 1 is 1.50 bits per heavy atom. The second kappa shape index (κ2) is 7.70. The minimum Gasteiger partial charge on any atom is -0.313 e. The van der Waals surface area contributed by atoms with Gasteiger partial charge in [-0.05, 0) is 50.9 Å². The Morgan fingerprint density at radius 3 is 3.00 bits per heavy atom. The molecule has 0 amide bonds. The highest BCUT2D eigenvalue weighted by Gasteiger charge is 2.22. The average molecular weight is 279 g/mol. The molecule has 1 aromatic rings. The predicted molar refractivity (Wildman–Crippen MR) is 80.1 cm³/mol. The molecule has 0 aromatic carbocycles. The molecule has 2 heterocycles. The largest absolute Gasteiger partial charge is 0.313 e. The molecule has 0 bridgehead atoms. The van der Waals surface area contributed by atoms with Gasteiger partial charge in [0.2, 0.25) is 0 Å². The lowest BCUT2D eigenvalue weighted by Gasteiger charge is -2.31. The van der Waals surface area contributed by atoms with Crippen molar-refractivity contribution in [2.45, 2.75) is 51.6 Å². The molecule has 0 saturated carbocycles. The minimum absolute atomic E-state index is 0.215. The summed E-state index contributed by atoms with van der Waals surface area (Å²) in [7, 11) is 0. The fourth-order valence-electron chi connectivity index (χ4n) is 2.87. The van der Waals surface area contributed by atoms with Crippen molar-refractivity contribution in [3.63, 3.8) is 0 Å². The standard InChI is InChI=1S/C16H26FN3/c1-3-4-8-20(12-16-6-5-7-19-16)13(2)14-9-15(17)11-18-10-14/h9-11,13,16,19H,3-8,12H2,1-2H3. The molecule has 1 aliphatic rings. The van der Waals surface area contributed by atoms with E-state index in [-0.39, 0.29) is 11.9 Å². The monoisotopic (exact) mass is 279 g/mol. The van der Waals surface area contributed by atoms with E-state index in [2.05, 4.69) is 29.0 Å². The third-order valence-corrected chi connectivity index (χ3v) is 4.17. The van der Waals surface area contributed by atoms with E-state index in [1.54, 1.807) is 12.3 Å². The Morgan fingerprint density at radius 2 is 2.35 bits per heavy atom. The molecule has 2 rings (SSSR count). The first-order valence-electron chi connectivity index (χ1n) is 7.78. The van der Waals surface area contributed by atoms with Gasteiger partial charge in [-0.3, -0.25) is 9.88 Å². The summed E-state index contributed by atoms with van der Waals surface area (Å²) in [5.41, 5.74) is 0.971. The Bertz CT molecular complexity index is 404. The smallest absolute Gasteiger partial charge is 0.141 e. The van der Waals surface area contributed by atoms with Crippen LogP contribution in [0.5, 0.6) is 0 Å². The van der Waals surface area contributed by atoms with Crippen molar-refractivity contribution in [3.05, 3.63) is 29.8 Å². The maximum Gasteiger partial charge on any atom is 0.141 e. The van der Waals surface area contributed by atoms with Gasteiger partial charge in [0.05, 0.1) is 6.20 Å². The second-order valence-electron chi connectivity index (χ2n) is 5.75. The first kappa shape index (κ1) is 15.4. The predicted octanol–water partition coefficient (Wildman–Crippen LogP) is 3.14. The molecule has 2 atom stereocenters. The molecular formula is C16H26FN3. The number of unbranched alkanes of at least 4 members (excludes halogenated alkanes) is 1. The third kappa shape index (κ3) is 4.25. The summed E-state index contributed by atoms with van der Waals surface area (Å²) in [6.45, 7) is 7.59. The lowest BCUT2D eigenvalue weighted by molar-refractivity contribution is 0.189. The number of nitrogens with zero attached hydrogens (tertiary/aromatic N) is 2. The van der Waals surface area contributed by atoms with E-state index in [0.29, 0.717) is 6.04 Å². The average Bonchev–Trinajstić information content (AvgIpc) is 2.95. The molecule has 2 unspecified atom stereocenters. The van der Waals surface area contributed by atoms with Gasteiger partial charge in [-0.1, -0.05) is 13.3 Å². The van der Waals surface area contributed by atoms with E-state index in [0.717, 1.165) is 25.2 Å². The Hall–Kier alpha value is -1.00. The summed E-state index contributed by atoms with van der Waals surface area (Å²) in [5, 5.41) is 3.55. The summed E-state index contributed by atoms with van der Waals surface area (Å²) < 4.78 is 13.4. The molecular weight excluding hydrogens is 253 g/mol. The number of hydrogen-bond donors (Lipinski definition) is 1. The van der Waals surface area contributed by atoms with Crippen molar-refractivity contribution in [1.82, 2.24) is 15.2 Å². The molecule has 1 aliphatic heterocycles. The van der Waals surface area contributed by atoms with Crippen molar-refractivity contribution in [2.75, 3.05) is 19.6 Å². The number of hydrogen-bond acceptors (Lipinski definition) is 3. The molecule has 1 fully saturated rings. The number of aromatic nitrogens is 1. The molecule has 3 nitrogen and oxygen atoms in total. The van der Waals surface area contributed by atoms with Crippen LogP contribution in [-0.4, -0.2) is 35.6 Å². The molecule has 20 heavy (non-hydrogen) atoms. The summed E-state index contributed by atoms with van der Waals surface area (Å²) in [5.74, 6) is -0.246. The molecule has 0 radical (unpaired) electrons. The quantitative estimate of drug-likeness (QED) is 0.831. The van der Waals surface area contributed by atoms with Gasteiger partial charge in [0.15, 0.2) is 0 Å². The highest BCUT2D eigenvalue weighted by Crippen LogP contribution is 2.22. The van der Waals surface area contributed by atoms with Gasteiger partial charge in [-0.15, -0.1) is 0 Å². The zero-order valence-electron chi connectivity index (χ0n) is 12.6. The van der Waals surface area contributed by atoms with Crippen LogP contribution < -0.4 is 5.32 Å². The Labute approximate surface area is 121 Å². The van der Waals surface area contributed by atoms with Crippen LogP contribution in [0, 0.1) is 5.82 Å². The van der Waals surface area contributed by atoms with Gasteiger partial charge in [0, 0.05) is 24.8 Å². The highest BCUT2D eigenvalue weighted by molar-refractivity contribution is 5.14. The van der Waals surface area contributed by atoms with Gasteiger partial charge >= 0.3 is 0 Å². The number of rotatable bonds is 7. The van der Waals surface area contributed by atoms with E-state index in [9.17, 15) is 4.39 Å². The topological polar surface area (TPSA) is 28.2 Å². The van der Waals surface area contributed by atoms with Crippen LogP contribution in [0.4, 0.5) is 4.39 Å². The van der Waals surface area contributed by atoms with E-state index in [1.807, 2.05) is 0 Å². The number of nitrogens with one attached hydrogen (secondary N) is 1. The van der Waals surface area contributed by atoms with E-state index >= 15 is 0 Å². The Kier molecular flexibility index (Phi) is 5.92. The summed E-state index contributed by atoms with van der Waals surface area (Å²) in [4.78, 5) is 6.44. The highest BCUT2D eigenvalue weighted by atomic mass is 19.1. The maximum atomic E-state index is 13.4.